The Hall–Kier alpha value is -1.62. The number of allylic oxidation sites excluding steroid dienone is 2. The van der Waals surface area contributed by atoms with Crippen molar-refractivity contribution in [2.45, 2.75) is 122 Å². The van der Waals surface area contributed by atoms with Gasteiger partial charge in [-0.2, -0.15) is 0 Å². The monoisotopic (exact) mass is 421 g/mol. The molecule has 1 heterocycles. The molecule has 5 nitrogen and oxygen atoms in total. The Kier molecular flexibility index (Phi) is 15.1. The molecule has 1 atom stereocenters. The fraction of sp³-hybridized carbons (Fsp3) is 0.760. The van der Waals surface area contributed by atoms with Crippen molar-refractivity contribution in [3.05, 3.63) is 30.9 Å². The molecule has 5 heteroatoms. The van der Waals surface area contributed by atoms with E-state index in [9.17, 15) is 9.90 Å². The van der Waals surface area contributed by atoms with E-state index in [1.54, 1.807) is 23.3 Å². The average molecular weight is 422 g/mol. The van der Waals surface area contributed by atoms with Crippen molar-refractivity contribution < 1.29 is 19.6 Å². The maximum atomic E-state index is 11.1. The highest BCUT2D eigenvalue weighted by molar-refractivity contribution is 5.67. The van der Waals surface area contributed by atoms with Crippen LogP contribution in [-0.2, 0) is 10.5 Å². The minimum absolute atomic E-state index is 0.276. The van der Waals surface area contributed by atoms with Gasteiger partial charge in [-0.25, -0.2) is 4.57 Å². The summed E-state index contributed by atoms with van der Waals surface area (Å²) < 4.78 is 1.57. The van der Waals surface area contributed by atoms with Crippen molar-refractivity contribution >= 4 is 5.97 Å². The van der Waals surface area contributed by atoms with Crippen molar-refractivity contribution in [2.24, 2.45) is 0 Å². The van der Waals surface area contributed by atoms with Gasteiger partial charge >= 0.3 is 5.97 Å². The van der Waals surface area contributed by atoms with E-state index >= 15 is 0 Å². The predicted molar refractivity (Wildman–Crippen MR) is 122 cm³/mol. The first-order valence-corrected chi connectivity index (χ1v) is 12.2. The van der Waals surface area contributed by atoms with E-state index in [2.05, 4.69) is 24.1 Å². The number of nitrogens with zero attached hydrogens (tertiary/aromatic N) is 1. The van der Waals surface area contributed by atoms with E-state index < -0.39 is 11.7 Å². The normalized spacial score (nSPS) is 13.7. The van der Waals surface area contributed by atoms with Gasteiger partial charge < -0.3 is 10.2 Å². The Bertz CT molecular complexity index is 557. The Balaban J connectivity index is 1.97. The molecular weight excluding hydrogens is 376 g/mol. The van der Waals surface area contributed by atoms with Crippen molar-refractivity contribution in [3.8, 4) is 0 Å². The molecule has 30 heavy (non-hydrogen) atoms. The molecule has 1 aromatic rings. The number of unbranched alkanes of at least 4 members (excludes halogenated alkanes) is 13. The van der Waals surface area contributed by atoms with Crippen LogP contribution in [0.2, 0.25) is 0 Å². The van der Waals surface area contributed by atoms with Crippen LogP contribution in [0, 0.1) is 0 Å². The third-order valence-corrected chi connectivity index (χ3v) is 5.80. The number of aromatic amines is 1. The van der Waals surface area contributed by atoms with E-state index in [-0.39, 0.29) is 6.42 Å². The lowest BCUT2D eigenvalue weighted by Crippen LogP contribution is -2.56. The van der Waals surface area contributed by atoms with E-state index in [1.165, 1.54) is 77.0 Å². The zero-order chi connectivity index (χ0) is 21.9. The van der Waals surface area contributed by atoms with Gasteiger partial charge in [-0.05, 0) is 32.1 Å². The van der Waals surface area contributed by atoms with Gasteiger partial charge in [0.25, 0.3) is 0 Å². The summed E-state index contributed by atoms with van der Waals surface area (Å²) in [5, 5.41) is 19.8. The number of rotatable bonds is 20. The molecule has 0 amide bonds. The number of hydrogen-bond donors (Lipinski definition) is 3. The molecule has 0 aliphatic heterocycles. The summed E-state index contributed by atoms with van der Waals surface area (Å²) in [5.74, 6) is -0.979. The summed E-state index contributed by atoms with van der Waals surface area (Å²) >= 11 is 0. The second-order valence-corrected chi connectivity index (χ2v) is 8.61. The lowest BCUT2D eigenvalue weighted by Gasteiger charge is -2.22. The number of aromatic nitrogens is 2. The maximum Gasteiger partial charge on any atom is 0.310 e. The first-order chi connectivity index (χ1) is 14.6. The number of imidazole rings is 1. The van der Waals surface area contributed by atoms with E-state index in [0.29, 0.717) is 6.42 Å². The molecule has 0 aliphatic rings. The smallest absolute Gasteiger partial charge is 0.310 e. The van der Waals surface area contributed by atoms with Crippen molar-refractivity contribution in [1.82, 2.24) is 4.98 Å². The molecule has 0 aromatic carbocycles. The Morgan fingerprint density at radius 1 is 0.900 bits per heavy atom. The molecule has 1 rings (SSSR count). The third kappa shape index (κ3) is 12.8. The lowest BCUT2D eigenvalue weighted by molar-refractivity contribution is -0.806. The summed E-state index contributed by atoms with van der Waals surface area (Å²) in [6, 6.07) is 0. The first-order valence-electron chi connectivity index (χ1n) is 12.2. The molecule has 0 spiro atoms. The predicted octanol–water partition coefficient (Wildman–Crippen LogP) is 6.24. The maximum absolute atomic E-state index is 11.1. The molecule has 1 aromatic heterocycles. The number of carboxylic acids is 1. The minimum Gasteiger partial charge on any atom is -0.481 e. The summed E-state index contributed by atoms with van der Waals surface area (Å²) in [5.41, 5.74) is -1.34. The molecule has 172 valence electrons. The second-order valence-electron chi connectivity index (χ2n) is 8.61. The van der Waals surface area contributed by atoms with Crippen LogP contribution >= 0.6 is 0 Å². The van der Waals surface area contributed by atoms with Crippen LogP contribution in [0.5, 0.6) is 0 Å². The molecule has 0 aliphatic carbocycles. The van der Waals surface area contributed by atoms with Crippen LogP contribution in [-0.4, -0.2) is 21.2 Å². The van der Waals surface area contributed by atoms with Gasteiger partial charge in [0.15, 0.2) is 0 Å². The highest BCUT2D eigenvalue weighted by Crippen LogP contribution is 2.20. The standard InChI is InChI=1S/C25H44N2O3/c1-2-3-4-5-6-7-8-9-10-11-12-13-14-15-16-17-18-19-25(30,22-24(28)29)27-21-20-26-23-27/h9-10,20-21,23,30H,2-8,11-19,22H2,1H3,(H,28,29)/p+1/b10-9-. The quantitative estimate of drug-likeness (QED) is 0.132. The fourth-order valence-electron chi connectivity index (χ4n) is 3.93. The summed E-state index contributed by atoms with van der Waals surface area (Å²) in [7, 11) is 0. The van der Waals surface area contributed by atoms with Crippen LogP contribution in [0.1, 0.15) is 116 Å². The Labute approximate surface area is 183 Å². The minimum atomic E-state index is -1.34. The van der Waals surface area contributed by atoms with Gasteiger partial charge in [0.2, 0.25) is 12.1 Å². The summed E-state index contributed by atoms with van der Waals surface area (Å²) in [4.78, 5) is 14.0. The Morgan fingerprint density at radius 3 is 1.93 bits per heavy atom. The zero-order valence-corrected chi connectivity index (χ0v) is 19.2. The van der Waals surface area contributed by atoms with E-state index in [0.717, 1.165) is 19.3 Å². The summed E-state index contributed by atoms with van der Waals surface area (Å²) in [6.07, 6.45) is 28.6. The second kappa shape index (κ2) is 17.1. The number of aliphatic hydroxyl groups is 1. The molecule has 1 unspecified atom stereocenters. The molecule has 0 saturated carbocycles. The van der Waals surface area contributed by atoms with Crippen molar-refractivity contribution in [3.63, 3.8) is 0 Å². The number of nitrogens with one attached hydrogen (secondary N) is 1. The van der Waals surface area contributed by atoms with E-state index in [4.69, 9.17) is 5.11 Å². The highest BCUT2D eigenvalue weighted by Gasteiger charge is 2.36. The van der Waals surface area contributed by atoms with Crippen LogP contribution in [0.15, 0.2) is 30.9 Å². The van der Waals surface area contributed by atoms with E-state index in [1.807, 2.05) is 0 Å². The van der Waals surface area contributed by atoms with Gasteiger partial charge in [-0.15, -0.1) is 0 Å². The van der Waals surface area contributed by atoms with Gasteiger partial charge in [0, 0.05) is 6.42 Å². The van der Waals surface area contributed by atoms with Crippen molar-refractivity contribution in [2.75, 3.05) is 0 Å². The van der Waals surface area contributed by atoms with Crippen LogP contribution < -0.4 is 4.57 Å². The molecule has 3 N–H and O–H groups in total. The van der Waals surface area contributed by atoms with Crippen LogP contribution in [0.25, 0.3) is 0 Å². The summed E-state index contributed by atoms with van der Waals surface area (Å²) in [6.45, 7) is 2.26. The Morgan fingerprint density at radius 2 is 1.43 bits per heavy atom. The number of aliphatic carboxylic acids is 1. The van der Waals surface area contributed by atoms with Gasteiger partial charge in [0.1, 0.15) is 18.8 Å². The first kappa shape index (κ1) is 26.4. The number of carbonyl (C=O) groups is 1. The third-order valence-electron chi connectivity index (χ3n) is 5.80. The molecule has 0 bridgehead atoms. The lowest BCUT2D eigenvalue weighted by atomic mass is 9.99. The molecule has 0 saturated heterocycles. The number of carboxylic acid groups (broad SMARTS) is 1. The SMILES string of the molecule is CCCCCCCC/C=C\CCCCCCCCCC(O)(CC(=O)O)[n+]1cc[nH]c1. The number of H-pyrrole nitrogens is 1. The molecule has 0 radical (unpaired) electrons. The highest BCUT2D eigenvalue weighted by atomic mass is 16.4. The molecule has 0 fully saturated rings. The fourth-order valence-corrected chi connectivity index (χ4v) is 3.93. The molecular formula is C25H45N2O3+. The van der Waals surface area contributed by atoms with Crippen molar-refractivity contribution in [1.29, 1.82) is 0 Å². The van der Waals surface area contributed by atoms with Crippen LogP contribution in [0.4, 0.5) is 0 Å². The van der Waals surface area contributed by atoms with Crippen LogP contribution in [0.3, 0.4) is 0 Å². The largest absolute Gasteiger partial charge is 0.481 e. The average Bonchev–Trinajstić information content (AvgIpc) is 3.25. The van der Waals surface area contributed by atoms with Gasteiger partial charge in [-0.3, -0.25) is 9.78 Å². The topological polar surface area (TPSA) is 77.2 Å². The number of hydrogen-bond acceptors (Lipinski definition) is 2. The van der Waals surface area contributed by atoms with Gasteiger partial charge in [-0.1, -0.05) is 83.3 Å². The van der Waals surface area contributed by atoms with Gasteiger partial charge in [0.05, 0.1) is 0 Å². The zero-order valence-electron chi connectivity index (χ0n) is 19.2.